The topological polar surface area (TPSA) is 85.0 Å². The van der Waals surface area contributed by atoms with Gasteiger partial charge >= 0.3 is 0 Å². The molecule has 7 heteroatoms. The number of anilines is 1. The third-order valence-electron chi connectivity index (χ3n) is 4.28. The fourth-order valence-corrected chi connectivity index (χ4v) is 3.05. The van der Waals surface area contributed by atoms with Gasteiger partial charge in [-0.25, -0.2) is 4.98 Å². The van der Waals surface area contributed by atoms with Gasteiger partial charge in [-0.05, 0) is 26.2 Å². The molecule has 23 heavy (non-hydrogen) atoms. The molecule has 0 bridgehead atoms. The molecule has 124 valence electrons. The molecule has 0 aliphatic carbocycles. The number of aryl methyl sites for hydroxylation is 2. The highest BCUT2D eigenvalue weighted by Crippen LogP contribution is 2.25. The van der Waals surface area contributed by atoms with Gasteiger partial charge in [-0.15, -0.1) is 0 Å². The molecule has 2 aromatic heterocycles. The Morgan fingerprint density at radius 3 is 3.17 bits per heavy atom. The number of hydrogen-bond acceptors (Lipinski definition) is 5. The Morgan fingerprint density at radius 2 is 2.43 bits per heavy atom. The van der Waals surface area contributed by atoms with E-state index >= 15 is 0 Å². The number of imidazole rings is 1. The molecule has 7 nitrogen and oxygen atoms in total. The number of amides is 1. The van der Waals surface area contributed by atoms with E-state index in [4.69, 9.17) is 4.52 Å². The van der Waals surface area contributed by atoms with E-state index in [2.05, 4.69) is 25.3 Å². The van der Waals surface area contributed by atoms with Crippen LogP contribution < -0.4 is 10.6 Å². The molecule has 0 unspecified atom stereocenters. The number of nitrogens with one attached hydrogen (secondary N) is 2. The molecule has 2 N–H and O–H groups in total. The first-order chi connectivity index (χ1) is 11.2. The molecule has 0 saturated carbocycles. The van der Waals surface area contributed by atoms with E-state index in [1.54, 1.807) is 13.0 Å². The number of aromatic nitrogens is 3. The molecular formula is C16H23N5O2. The lowest BCUT2D eigenvalue weighted by Gasteiger charge is -2.25. The van der Waals surface area contributed by atoms with E-state index in [0.717, 1.165) is 31.8 Å². The van der Waals surface area contributed by atoms with E-state index in [0.29, 0.717) is 23.9 Å². The number of carbonyl (C=O) groups excluding carboxylic acids is 1. The summed E-state index contributed by atoms with van der Waals surface area (Å²) in [4.78, 5) is 16.8. The summed E-state index contributed by atoms with van der Waals surface area (Å²) < 4.78 is 7.17. The van der Waals surface area contributed by atoms with Crippen LogP contribution in [0.15, 0.2) is 23.0 Å². The van der Waals surface area contributed by atoms with Crippen molar-refractivity contribution in [3.63, 3.8) is 0 Å². The van der Waals surface area contributed by atoms with Gasteiger partial charge in [0.25, 0.3) is 0 Å². The van der Waals surface area contributed by atoms with Gasteiger partial charge in [0, 0.05) is 37.5 Å². The van der Waals surface area contributed by atoms with Gasteiger partial charge in [0.15, 0.2) is 5.82 Å². The van der Waals surface area contributed by atoms with E-state index < -0.39 is 0 Å². The lowest BCUT2D eigenvalue weighted by molar-refractivity contribution is -0.118. The smallest absolute Gasteiger partial charge is 0.242 e. The molecule has 0 radical (unpaired) electrons. The maximum Gasteiger partial charge on any atom is 0.242 e. The minimum absolute atomic E-state index is 0.0834. The fourth-order valence-electron chi connectivity index (χ4n) is 3.05. The van der Waals surface area contributed by atoms with Crippen LogP contribution >= 0.6 is 0 Å². The van der Waals surface area contributed by atoms with Gasteiger partial charge in [-0.1, -0.05) is 12.1 Å². The Hall–Kier alpha value is -2.15. The minimum Gasteiger partial charge on any atom is -0.360 e. The number of fused-ring (bicyclic) bond motifs is 1. The number of hydrogen-bond donors (Lipinski definition) is 2. The molecule has 0 fully saturated rings. The van der Waals surface area contributed by atoms with Gasteiger partial charge in [0.1, 0.15) is 11.6 Å². The lowest BCUT2D eigenvalue weighted by atomic mass is 9.98. The largest absolute Gasteiger partial charge is 0.360 e. The van der Waals surface area contributed by atoms with E-state index in [-0.39, 0.29) is 11.9 Å². The van der Waals surface area contributed by atoms with Gasteiger partial charge in [-0.3, -0.25) is 4.79 Å². The molecular weight excluding hydrogens is 294 g/mol. The first kappa shape index (κ1) is 15.7. The standard InChI is InChI=1S/C16H23N5O2/c1-3-13(16(22)19-14-9-11(2)23-20-14)18-10-12-5-4-7-21-8-6-17-15(12)21/h6,8-9,12-13,18H,3-5,7,10H2,1-2H3,(H,19,20,22)/t12-,13-/m0/s1. The van der Waals surface area contributed by atoms with Gasteiger partial charge in [-0.2, -0.15) is 0 Å². The predicted molar refractivity (Wildman–Crippen MR) is 86.2 cm³/mol. The van der Waals surface area contributed by atoms with Crippen LogP contribution in [-0.2, 0) is 11.3 Å². The Morgan fingerprint density at radius 1 is 1.57 bits per heavy atom. The molecule has 1 amide bonds. The SMILES string of the molecule is CC[C@H](NC[C@@H]1CCCn2ccnc21)C(=O)Nc1cc(C)on1. The number of rotatable bonds is 6. The van der Waals surface area contributed by atoms with Crippen molar-refractivity contribution in [3.05, 3.63) is 30.0 Å². The average molecular weight is 317 g/mol. The van der Waals surface area contributed by atoms with Crippen LogP contribution in [0.2, 0.25) is 0 Å². The van der Waals surface area contributed by atoms with Crippen molar-refractivity contribution in [1.29, 1.82) is 0 Å². The van der Waals surface area contributed by atoms with E-state index in [1.807, 2.05) is 19.3 Å². The highest BCUT2D eigenvalue weighted by atomic mass is 16.5. The van der Waals surface area contributed by atoms with Crippen LogP contribution in [-0.4, -0.2) is 33.2 Å². The summed E-state index contributed by atoms with van der Waals surface area (Å²) in [6, 6.07) is 1.46. The lowest BCUT2D eigenvalue weighted by Crippen LogP contribution is -2.42. The quantitative estimate of drug-likeness (QED) is 0.852. The van der Waals surface area contributed by atoms with Crippen molar-refractivity contribution >= 4 is 11.7 Å². The molecule has 0 aromatic carbocycles. The number of nitrogens with zero attached hydrogens (tertiary/aromatic N) is 3. The van der Waals surface area contributed by atoms with Gasteiger partial charge < -0.3 is 19.7 Å². The maximum atomic E-state index is 12.3. The molecule has 0 saturated heterocycles. The summed E-state index contributed by atoms with van der Waals surface area (Å²) >= 11 is 0. The summed E-state index contributed by atoms with van der Waals surface area (Å²) in [6.07, 6.45) is 6.84. The predicted octanol–water partition coefficient (Wildman–Crippen LogP) is 2.06. The zero-order chi connectivity index (χ0) is 16.2. The summed E-state index contributed by atoms with van der Waals surface area (Å²) in [5, 5.41) is 9.96. The highest BCUT2D eigenvalue weighted by Gasteiger charge is 2.24. The monoisotopic (exact) mass is 317 g/mol. The van der Waals surface area contributed by atoms with Crippen molar-refractivity contribution in [1.82, 2.24) is 20.0 Å². The molecule has 2 aromatic rings. The third-order valence-corrected chi connectivity index (χ3v) is 4.28. The molecule has 0 spiro atoms. The second-order valence-corrected chi connectivity index (χ2v) is 6.00. The molecule has 1 aliphatic rings. The van der Waals surface area contributed by atoms with Crippen molar-refractivity contribution in [2.24, 2.45) is 0 Å². The average Bonchev–Trinajstić information content (AvgIpc) is 3.17. The van der Waals surface area contributed by atoms with Crippen LogP contribution in [0.3, 0.4) is 0 Å². The zero-order valence-electron chi connectivity index (χ0n) is 13.6. The van der Waals surface area contributed by atoms with Crippen molar-refractivity contribution in [2.45, 2.75) is 51.6 Å². The van der Waals surface area contributed by atoms with Crippen molar-refractivity contribution in [3.8, 4) is 0 Å². The van der Waals surface area contributed by atoms with Gasteiger partial charge in [0.05, 0.1) is 6.04 Å². The Balaban J connectivity index is 1.57. The molecule has 3 heterocycles. The summed E-state index contributed by atoms with van der Waals surface area (Å²) in [7, 11) is 0. The zero-order valence-corrected chi connectivity index (χ0v) is 13.6. The molecule has 1 aliphatic heterocycles. The number of carbonyl (C=O) groups is 1. The Labute approximate surface area is 135 Å². The third kappa shape index (κ3) is 3.61. The first-order valence-electron chi connectivity index (χ1n) is 8.16. The first-order valence-corrected chi connectivity index (χ1v) is 8.16. The van der Waals surface area contributed by atoms with Crippen molar-refractivity contribution in [2.75, 3.05) is 11.9 Å². The molecule has 3 rings (SSSR count). The second kappa shape index (κ2) is 6.95. The van der Waals surface area contributed by atoms with Crippen LogP contribution in [0.4, 0.5) is 5.82 Å². The fraction of sp³-hybridized carbons (Fsp3) is 0.562. The summed E-state index contributed by atoms with van der Waals surface area (Å²) in [5.74, 6) is 2.53. The van der Waals surface area contributed by atoms with Crippen molar-refractivity contribution < 1.29 is 9.32 Å². The van der Waals surface area contributed by atoms with Crippen LogP contribution in [0, 0.1) is 6.92 Å². The minimum atomic E-state index is -0.252. The van der Waals surface area contributed by atoms with Crippen LogP contribution in [0.25, 0.3) is 0 Å². The van der Waals surface area contributed by atoms with Crippen LogP contribution in [0.1, 0.15) is 43.7 Å². The summed E-state index contributed by atoms with van der Waals surface area (Å²) in [6.45, 7) is 5.58. The van der Waals surface area contributed by atoms with E-state index in [1.165, 1.54) is 0 Å². The second-order valence-electron chi connectivity index (χ2n) is 6.00. The maximum absolute atomic E-state index is 12.3. The van der Waals surface area contributed by atoms with Crippen LogP contribution in [0.5, 0.6) is 0 Å². The highest BCUT2D eigenvalue weighted by molar-refractivity contribution is 5.93. The van der Waals surface area contributed by atoms with E-state index in [9.17, 15) is 4.79 Å². The molecule has 2 atom stereocenters. The Kier molecular flexibility index (Phi) is 4.76. The summed E-state index contributed by atoms with van der Waals surface area (Å²) in [5.41, 5.74) is 0. The van der Waals surface area contributed by atoms with Gasteiger partial charge in [0.2, 0.25) is 5.91 Å². The Bertz CT molecular complexity index is 663. The normalized spacial score (nSPS) is 18.4.